The second-order valence-electron chi connectivity index (χ2n) is 7.72. The maximum absolute atomic E-state index is 13.7. The number of hydrogen-bond acceptors (Lipinski definition) is 8. The molecule has 0 amide bonds. The van der Waals surface area contributed by atoms with E-state index >= 15 is 0 Å². The number of hydrogen-bond donors (Lipinski definition) is 0. The quantitative estimate of drug-likeness (QED) is 0.498. The summed E-state index contributed by atoms with van der Waals surface area (Å²) in [4.78, 5) is 31.8. The number of aryl methyl sites for hydroxylation is 1. The van der Waals surface area contributed by atoms with Crippen molar-refractivity contribution in [3.63, 3.8) is 0 Å². The molecular formula is C24H26N4O5S. The monoisotopic (exact) mass is 482 g/mol. The molecule has 0 spiro atoms. The van der Waals surface area contributed by atoms with Crippen molar-refractivity contribution in [3.05, 3.63) is 72.2 Å². The van der Waals surface area contributed by atoms with Gasteiger partial charge in [0.1, 0.15) is 17.5 Å². The molecule has 0 bridgehead atoms. The van der Waals surface area contributed by atoms with E-state index in [0.29, 0.717) is 37.7 Å². The van der Waals surface area contributed by atoms with Gasteiger partial charge in [-0.15, -0.1) is 0 Å². The fourth-order valence-electron chi connectivity index (χ4n) is 3.93. The number of carbonyl (C=O) groups is 1. The Labute approximate surface area is 200 Å². The van der Waals surface area contributed by atoms with E-state index in [2.05, 4.69) is 10.1 Å². The number of rotatable bonds is 6. The van der Waals surface area contributed by atoms with Crippen LogP contribution in [0, 0.1) is 6.92 Å². The highest BCUT2D eigenvalue weighted by Crippen LogP contribution is 2.37. The van der Waals surface area contributed by atoms with E-state index in [1.165, 1.54) is 23.0 Å². The zero-order valence-electron chi connectivity index (χ0n) is 19.9. The second kappa shape index (κ2) is 9.30. The summed E-state index contributed by atoms with van der Waals surface area (Å²) < 4.78 is 20.1. The molecule has 9 nitrogen and oxygen atoms in total. The van der Waals surface area contributed by atoms with E-state index < -0.39 is 12.0 Å². The van der Waals surface area contributed by atoms with Crippen LogP contribution in [0.2, 0.25) is 0 Å². The predicted molar refractivity (Wildman–Crippen MR) is 128 cm³/mol. The van der Waals surface area contributed by atoms with E-state index in [4.69, 9.17) is 14.2 Å². The van der Waals surface area contributed by atoms with Crippen LogP contribution in [0.3, 0.4) is 0 Å². The first-order valence-electron chi connectivity index (χ1n) is 10.7. The summed E-state index contributed by atoms with van der Waals surface area (Å²) in [6.45, 7) is 5.62. The van der Waals surface area contributed by atoms with Crippen LogP contribution in [0.4, 0.5) is 0 Å². The number of ether oxygens (including phenoxy) is 3. The van der Waals surface area contributed by atoms with Gasteiger partial charge in [0.2, 0.25) is 0 Å². The first-order chi connectivity index (χ1) is 16.3. The molecule has 34 heavy (non-hydrogen) atoms. The summed E-state index contributed by atoms with van der Waals surface area (Å²) in [6, 6.07) is 4.52. The predicted octanol–water partition coefficient (Wildman–Crippen LogP) is 1.86. The molecule has 1 aromatic carbocycles. The largest absolute Gasteiger partial charge is 0.497 e. The topological polar surface area (TPSA) is 96.9 Å². The van der Waals surface area contributed by atoms with Crippen LogP contribution in [0.15, 0.2) is 45.5 Å². The first kappa shape index (κ1) is 23.5. The van der Waals surface area contributed by atoms with Gasteiger partial charge in [-0.05, 0) is 39.0 Å². The molecule has 0 fully saturated rings. The van der Waals surface area contributed by atoms with Gasteiger partial charge >= 0.3 is 5.97 Å². The van der Waals surface area contributed by atoms with Gasteiger partial charge in [-0.3, -0.25) is 14.0 Å². The Morgan fingerprint density at radius 3 is 2.62 bits per heavy atom. The molecule has 3 aromatic rings. The van der Waals surface area contributed by atoms with E-state index in [-0.39, 0.29) is 12.2 Å². The van der Waals surface area contributed by atoms with Crippen LogP contribution < -0.4 is 24.4 Å². The van der Waals surface area contributed by atoms with Gasteiger partial charge in [0, 0.05) is 29.9 Å². The number of methoxy groups -OCH3 is 2. The molecule has 3 heterocycles. The summed E-state index contributed by atoms with van der Waals surface area (Å²) in [7, 11) is 4.94. The van der Waals surface area contributed by atoms with Crippen molar-refractivity contribution in [3.8, 4) is 11.5 Å². The summed E-state index contributed by atoms with van der Waals surface area (Å²) in [5.41, 5.74) is 2.93. The van der Waals surface area contributed by atoms with E-state index in [1.807, 2.05) is 14.0 Å². The van der Waals surface area contributed by atoms with Gasteiger partial charge in [0.05, 0.1) is 42.8 Å². The van der Waals surface area contributed by atoms with Crippen LogP contribution in [-0.4, -0.2) is 41.1 Å². The summed E-state index contributed by atoms with van der Waals surface area (Å²) in [6.07, 6.45) is 3.52. The van der Waals surface area contributed by atoms with Gasteiger partial charge in [-0.1, -0.05) is 11.3 Å². The fourth-order valence-corrected chi connectivity index (χ4v) is 4.97. The number of thiazole rings is 1. The van der Waals surface area contributed by atoms with Crippen molar-refractivity contribution in [1.29, 1.82) is 0 Å². The Hall–Kier alpha value is -3.66. The molecule has 1 unspecified atom stereocenters. The molecule has 10 heteroatoms. The Morgan fingerprint density at radius 1 is 1.24 bits per heavy atom. The smallest absolute Gasteiger partial charge is 0.338 e. The third kappa shape index (κ3) is 3.94. The van der Waals surface area contributed by atoms with Crippen LogP contribution in [-0.2, 0) is 16.6 Å². The molecule has 1 atom stereocenters. The van der Waals surface area contributed by atoms with Crippen molar-refractivity contribution in [1.82, 2.24) is 14.3 Å². The molecular weight excluding hydrogens is 456 g/mol. The van der Waals surface area contributed by atoms with Gasteiger partial charge in [0.15, 0.2) is 4.80 Å². The number of carbonyl (C=O) groups excluding carboxylic acids is 1. The van der Waals surface area contributed by atoms with Crippen molar-refractivity contribution in [2.45, 2.75) is 26.8 Å². The third-order valence-corrected chi connectivity index (χ3v) is 6.80. The van der Waals surface area contributed by atoms with Crippen LogP contribution in [0.1, 0.15) is 36.7 Å². The maximum Gasteiger partial charge on any atom is 0.338 e. The maximum atomic E-state index is 13.7. The van der Waals surface area contributed by atoms with Gasteiger partial charge in [-0.25, -0.2) is 9.79 Å². The average molecular weight is 483 g/mol. The van der Waals surface area contributed by atoms with Crippen LogP contribution in [0.5, 0.6) is 11.5 Å². The average Bonchev–Trinajstić information content (AvgIpc) is 3.31. The molecule has 0 radical (unpaired) electrons. The van der Waals surface area contributed by atoms with E-state index in [1.54, 1.807) is 56.1 Å². The number of esters is 1. The third-order valence-electron chi connectivity index (χ3n) is 5.81. The highest BCUT2D eigenvalue weighted by molar-refractivity contribution is 7.07. The number of nitrogens with zero attached hydrogens (tertiary/aromatic N) is 4. The summed E-state index contributed by atoms with van der Waals surface area (Å²) in [5, 5.41) is 4.25. The molecule has 0 aliphatic carbocycles. The Kier molecular flexibility index (Phi) is 6.43. The van der Waals surface area contributed by atoms with Crippen molar-refractivity contribution in [2.24, 2.45) is 12.0 Å². The molecule has 2 aromatic heterocycles. The van der Waals surface area contributed by atoms with E-state index in [9.17, 15) is 9.59 Å². The normalized spacial score (nSPS) is 15.7. The van der Waals surface area contributed by atoms with Crippen molar-refractivity contribution < 1.29 is 19.0 Å². The second-order valence-corrected chi connectivity index (χ2v) is 8.73. The number of aromatic nitrogens is 3. The minimum absolute atomic E-state index is 0.201. The minimum Gasteiger partial charge on any atom is -0.497 e. The Balaban J connectivity index is 2.01. The van der Waals surface area contributed by atoms with E-state index in [0.717, 1.165) is 11.3 Å². The van der Waals surface area contributed by atoms with Gasteiger partial charge < -0.3 is 14.2 Å². The molecule has 0 saturated carbocycles. The summed E-state index contributed by atoms with van der Waals surface area (Å²) >= 11 is 1.26. The zero-order valence-corrected chi connectivity index (χ0v) is 20.7. The Bertz CT molecular complexity index is 1480. The number of allylic oxidation sites excluding steroid dienone is 1. The molecule has 1 aliphatic rings. The van der Waals surface area contributed by atoms with Crippen LogP contribution >= 0.6 is 11.3 Å². The highest BCUT2D eigenvalue weighted by Gasteiger charge is 2.35. The molecule has 1 aliphatic heterocycles. The molecule has 0 N–H and O–H groups in total. The van der Waals surface area contributed by atoms with Gasteiger partial charge in [-0.2, -0.15) is 5.10 Å². The van der Waals surface area contributed by atoms with Crippen LogP contribution in [0.25, 0.3) is 6.08 Å². The lowest BCUT2D eigenvalue weighted by Gasteiger charge is -2.26. The van der Waals surface area contributed by atoms with Gasteiger partial charge in [0.25, 0.3) is 5.56 Å². The number of fused-ring (bicyclic) bond motifs is 1. The first-order valence-corrected chi connectivity index (χ1v) is 11.5. The lowest BCUT2D eigenvalue weighted by atomic mass is 9.95. The van der Waals surface area contributed by atoms with Crippen molar-refractivity contribution >= 4 is 23.4 Å². The SMILES string of the molecule is CCOC(=O)C1=C(C)N=c2s/c(=C\c3cnn(C)c3C)c(=O)n2C1c1ccc(OC)cc1OC. The fraction of sp³-hybridized carbons (Fsp3) is 0.333. The van der Waals surface area contributed by atoms with Crippen molar-refractivity contribution in [2.75, 3.05) is 20.8 Å². The Morgan fingerprint density at radius 2 is 2.00 bits per heavy atom. The zero-order chi connectivity index (χ0) is 24.6. The molecule has 178 valence electrons. The lowest BCUT2D eigenvalue weighted by molar-refractivity contribution is -0.139. The summed E-state index contributed by atoms with van der Waals surface area (Å²) in [5.74, 6) is 0.556. The standard InChI is InChI=1S/C24H26N4O5S/c1-7-33-23(30)20-13(2)26-24-28(21(20)17-9-8-16(31-5)11-18(17)32-6)22(29)19(34-24)10-15-12-25-27(4)14(15)3/h8-12,21H,7H2,1-6H3/b19-10-. The highest BCUT2D eigenvalue weighted by atomic mass is 32.1. The number of benzene rings is 1. The lowest BCUT2D eigenvalue weighted by Crippen LogP contribution is -2.40. The molecule has 0 saturated heterocycles. The minimum atomic E-state index is -0.770. The molecule has 4 rings (SSSR count).